The van der Waals surface area contributed by atoms with Crippen molar-refractivity contribution in [2.45, 2.75) is 77.0 Å². The first kappa shape index (κ1) is 23.6. The van der Waals surface area contributed by atoms with Crippen LogP contribution in [0.2, 0.25) is 0 Å². The van der Waals surface area contributed by atoms with E-state index in [1.165, 1.54) is 5.56 Å². The van der Waals surface area contributed by atoms with E-state index in [0.717, 1.165) is 62.5 Å². The highest BCUT2D eigenvalue weighted by Crippen LogP contribution is 2.42. The van der Waals surface area contributed by atoms with Crippen LogP contribution >= 0.6 is 0 Å². The predicted molar refractivity (Wildman–Crippen MR) is 130 cm³/mol. The highest BCUT2D eigenvalue weighted by Gasteiger charge is 2.27. The molecule has 0 heterocycles. The Kier molecular flexibility index (Phi) is 7.57. The van der Waals surface area contributed by atoms with Gasteiger partial charge in [-0.1, -0.05) is 68.8 Å². The summed E-state index contributed by atoms with van der Waals surface area (Å²) in [7, 11) is 0. The van der Waals surface area contributed by atoms with E-state index in [1.54, 1.807) is 18.2 Å². The van der Waals surface area contributed by atoms with Crippen LogP contribution in [0.15, 0.2) is 54.6 Å². The highest BCUT2D eigenvalue weighted by atomic mass is 19.2. The molecular weight excluding hydrogens is 417 g/mol. The molecule has 174 valence electrons. The van der Waals surface area contributed by atoms with Crippen molar-refractivity contribution in [3.63, 3.8) is 0 Å². The van der Waals surface area contributed by atoms with Crippen LogP contribution in [0.4, 0.5) is 13.2 Å². The van der Waals surface area contributed by atoms with Crippen LogP contribution in [0.25, 0.3) is 11.1 Å². The Bertz CT molecular complexity index is 1080. The van der Waals surface area contributed by atoms with E-state index < -0.39 is 11.6 Å². The maximum absolute atomic E-state index is 15.1. The Morgan fingerprint density at radius 3 is 2.09 bits per heavy atom. The lowest BCUT2D eigenvalue weighted by Crippen LogP contribution is -2.14. The van der Waals surface area contributed by atoms with Crippen molar-refractivity contribution in [3.05, 3.63) is 94.3 Å². The molecule has 0 radical (unpaired) electrons. The number of benzene rings is 3. The summed E-state index contributed by atoms with van der Waals surface area (Å²) in [6, 6.07) is 16.8. The van der Waals surface area contributed by atoms with E-state index >= 15 is 4.39 Å². The number of aryl methyl sites for hydroxylation is 2. The van der Waals surface area contributed by atoms with E-state index in [4.69, 9.17) is 0 Å². The van der Waals surface area contributed by atoms with Crippen molar-refractivity contribution in [2.75, 3.05) is 0 Å². The van der Waals surface area contributed by atoms with Gasteiger partial charge >= 0.3 is 0 Å². The molecule has 0 N–H and O–H groups in total. The molecule has 1 saturated carbocycles. The van der Waals surface area contributed by atoms with Crippen molar-refractivity contribution >= 4 is 0 Å². The van der Waals surface area contributed by atoms with Gasteiger partial charge in [0.1, 0.15) is 5.82 Å². The Balaban J connectivity index is 1.45. The van der Waals surface area contributed by atoms with Gasteiger partial charge in [0.2, 0.25) is 0 Å². The van der Waals surface area contributed by atoms with Crippen molar-refractivity contribution in [2.24, 2.45) is 0 Å². The normalized spacial score (nSPS) is 18.5. The first-order chi connectivity index (χ1) is 16.0. The van der Waals surface area contributed by atoms with Crippen LogP contribution < -0.4 is 0 Å². The molecule has 1 aliphatic carbocycles. The number of hydrogen-bond donors (Lipinski definition) is 0. The summed E-state index contributed by atoms with van der Waals surface area (Å²) in [6.07, 6.45) is 7.02. The number of halogens is 3. The molecule has 3 aromatic rings. The second-order valence-corrected chi connectivity index (χ2v) is 9.38. The first-order valence-electron chi connectivity index (χ1n) is 12.4. The lowest BCUT2D eigenvalue weighted by atomic mass is 9.75. The van der Waals surface area contributed by atoms with Crippen LogP contribution in [-0.2, 0) is 12.8 Å². The van der Waals surface area contributed by atoms with Gasteiger partial charge in [0.25, 0.3) is 0 Å². The molecule has 1 aliphatic rings. The standard InChI is InChI=1S/C30H33F3/c1-3-5-6-24-15-16-25(19-28(24)31)21-11-13-23(14-12-21)27-18-17-26(29(32)30(27)33)22-9-7-20(4-2)8-10-22/h7-10,15-19,21,23H,3-6,11-14H2,1-2H3. The molecule has 1 fully saturated rings. The van der Waals surface area contributed by atoms with E-state index in [2.05, 4.69) is 19.9 Å². The van der Waals surface area contributed by atoms with Gasteiger partial charge < -0.3 is 0 Å². The summed E-state index contributed by atoms with van der Waals surface area (Å²) in [5, 5.41) is 0. The Hall–Kier alpha value is -2.55. The lowest BCUT2D eigenvalue weighted by molar-refractivity contribution is 0.381. The fraction of sp³-hybridized carbons (Fsp3) is 0.400. The van der Waals surface area contributed by atoms with Gasteiger partial charge in [0.05, 0.1) is 0 Å². The number of rotatable bonds is 7. The Morgan fingerprint density at radius 2 is 1.45 bits per heavy atom. The molecule has 0 amide bonds. The van der Waals surface area contributed by atoms with Crippen LogP contribution in [0.3, 0.4) is 0 Å². The maximum atomic E-state index is 15.1. The third kappa shape index (κ3) is 5.18. The second-order valence-electron chi connectivity index (χ2n) is 9.38. The van der Waals surface area contributed by atoms with E-state index in [1.807, 2.05) is 30.3 Å². The molecule has 3 heteroatoms. The second kappa shape index (κ2) is 10.6. The minimum Gasteiger partial charge on any atom is -0.207 e. The monoisotopic (exact) mass is 450 g/mol. The Morgan fingerprint density at radius 1 is 0.758 bits per heavy atom. The molecule has 4 rings (SSSR count). The van der Waals surface area contributed by atoms with Gasteiger partial charge in [-0.25, -0.2) is 13.2 Å². The predicted octanol–water partition coefficient (Wildman–Crippen LogP) is 9.12. The van der Waals surface area contributed by atoms with Gasteiger partial charge in [-0.3, -0.25) is 0 Å². The van der Waals surface area contributed by atoms with Crippen molar-refractivity contribution < 1.29 is 13.2 Å². The molecule has 0 bridgehead atoms. The zero-order valence-corrected chi connectivity index (χ0v) is 19.6. The largest absolute Gasteiger partial charge is 0.207 e. The van der Waals surface area contributed by atoms with Crippen LogP contribution in [0.1, 0.15) is 86.5 Å². The molecule has 0 aliphatic heterocycles. The van der Waals surface area contributed by atoms with Crippen molar-refractivity contribution in [3.8, 4) is 11.1 Å². The SMILES string of the molecule is CCCCc1ccc(C2CCC(c3ccc(-c4ccc(CC)cc4)c(F)c3F)CC2)cc1F. The van der Waals surface area contributed by atoms with Gasteiger partial charge in [0, 0.05) is 5.56 Å². The minimum absolute atomic E-state index is 0.000872. The van der Waals surface area contributed by atoms with Gasteiger partial charge in [-0.2, -0.15) is 0 Å². The smallest absolute Gasteiger partial charge is 0.166 e. The quantitative estimate of drug-likeness (QED) is 0.337. The molecular formula is C30H33F3. The minimum atomic E-state index is -0.761. The zero-order chi connectivity index (χ0) is 23.4. The molecule has 3 aromatic carbocycles. The van der Waals surface area contributed by atoms with E-state index in [0.29, 0.717) is 16.7 Å². The van der Waals surface area contributed by atoms with Crippen LogP contribution in [-0.4, -0.2) is 0 Å². The van der Waals surface area contributed by atoms with Crippen LogP contribution in [0, 0.1) is 17.5 Å². The fourth-order valence-corrected chi connectivity index (χ4v) is 5.15. The number of hydrogen-bond acceptors (Lipinski definition) is 0. The molecule has 0 spiro atoms. The summed E-state index contributed by atoms with van der Waals surface area (Å²) >= 11 is 0. The molecule has 0 nitrogen and oxygen atoms in total. The first-order valence-corrected chi connectivity index (χ1v) is 12.4. The third-order valence-corrected chi connectivity index (χ3v) is 7.30. The maximum Gasteiger partial charge on any atom is 0.166 e. The summed E-state index contributed by atoms with van der Waals surface area (Å²) in [6.45, 7) is 4.18. The summed E-state index contributed by atoms with van der Waals surface area (Å²) in [5.41, 5.74) is 4.47. The molecule has 0 unspecified atom stereocenters. The highest BCUT2D eigenvalue weighted by molar-refractivity contribution is 5.65. The van der Waals surface area contributed by atoms with Crippen LogP contribution in [0.5, 0.6) is 0 Å². The lowest BCUT2D eigenvalue weighted by Gasteiger charge is -2.29. The molecule has 33 heavy (non-hydrogen) atoms. The van der Waals surface area contributed by atoms with Gasteiger partial charge in [-0.15, -0.1) is 0 Å². The Labute approximate surface area is 195 Å². The molecule has 0 atom stereocenters. The van der Waals surface area contributed by atoms with E-state index in [9.17, 15) is 8.78 Å². The van der Waals surface area contributed by atoms with Crippen molar-refractivity contribution in [1.82, 2.24) is 0 Å². The number of unbranched alkanes of at least 4 members (excludes halogenated alkanes) is 1. The summed E-state index contributed by atoms with van der Waals surface area (Å²) in [5.74, 6) is -1.31. The van der Waals surface area contributed by atoms with Crippen molar-refractivity contribution in [1.29, 1.82) is 0 Å². The van der Waals surface area contributed by atoms with Gasteiger partial charge in [0.15, 0.2) is 11.6 Å². The average molecular weight is 451 g/mol. The molecule has 0 saturated heterocycles. The third-order valence-electron chi connectivity index (χ3n) is 7.30. The van der Waals surface area contributed by atoms with Gasteiger partial charge in [-0.05, 0) is 90.7 Å². The summed E-state index contributed by atoms with van der Waals surface area (Å²) in [4.78, 5) is 0. The zero-order valence-electron chi connectivity index (χ0n) is 19.6. The molecule has 0 aromatic heterocycles. The topological polar surface area (TPSA) is 0 Å². The average Bonchev–Trinajstić information content (AvgIpc) is 2.85. The summed E-state index contributed by atoms with van der Waals surface area (Å²) < 4.78 is 44.5. The van der Waals surface area contributed by atoms with E-state index in [-0.39, 0.29) is 17.7 Å². The fourth-order valence-electron chi connectivity index (χ4n) is 5.15.